The molecule has 0 saturated heterocycles. The fourth-order valence-corrected chi connectivity index (χ4v) is 3.78. The third kappa shape index (κ3) is 4.66. The molecule has 1 atom stereocenters. The van der Waals surface area contributed by atoms with E-state index in [9.17, 15) is 4.79 Å². The summed E-state index contributed by atoms with van der Waals surface area (Å²) >= 11 is 0. The third-order valence-electron chi connectivity index (χ3n) is 5.17. The van der Waals surface area contributed by atoms with Crippen molar-refractivity contribution in [3.05, 3.63) is 95.6 Å². The van der Waals surface area contributed by atoms with Crippen molar-refractivity contribution in [2.45, 2.75) is 32.5 Å². The SMILES string of the molecule is CCOC(=O)C1Cc2ccccc2CN1Cc1cccc(Oc2ccccc2)c1. The summed E-state index contributed by atoms with van der Waals surface area (Å²) in [7, 11) is 0. The van der Waals surface area contributed by atoms with Crippen LogP contribution in [0.25, 0.3) is 0 Å². The maximum atomic E-state index is 12.6. The summed E-state index contributed by atoms with van der Waals surface area (Å²) < 4.78 is 11.3. The highest BCUT2D eigenvalue weighted by molar-refractivity contribution is 5.76. The molecule has 1 unspecified atom stereocenters. The lowest BCUT2D eigenvalue weighted by Gasteiger charge is -2.35. The van der Waals surface area contributed by atoms with Gasteiger partial charge in [0.25, 0.3) is 0 Å². The first-order valence-electron chi connectivity index (χ1n) is 10.0. The van der Waals surface area contributed by atoms with Crippen molar-refractivity contribution in [3.8, 4) is 11.5 Å². The number of ether oxygens (including phenoxy) is 2. The van der Waals surface area contributed by atoms with Gasteiger partial charge in [0.2, 0.25) is 0 Å². The minimum absolute atomic E-state index is 0.154. The molecule has 3 aromatic rings. The number of para-hydroxylation sites is 1. The van der Waals surface area contributed by atoms with E-state index in [4.69, 9.17) is 9.47 Å². The van der Waals surface area contributed by atoms with E-state index in [0.29, 0.717) is 19.6 Å². The molecule has 148 valence electrons. The van der Waals surface area contributed by atoms with Crippen molar-refractivity contribution in [1.82, 2.24) is 4.90 Å². The van der Waals surface area contributed by atoms with Crippen LogP contribution in [0.4, 0.5) is 0 Å². The summed E-state index contributed by atoms with van der Waals surface area (Å²) in [4.78, 5) is 14.8. The Morgan fingerprint density at radius 1 is 0.931 bits per heavy atom. The van der Waals surface area contributed by atoms with Gasteiger partial charge in [0.05, 0.1) is 6.61 Å². The van der Waals surface area contributed by atoms with Crippen LogP contribution >= 0.6 is 0 Å². The van der Waals surface area contributed by atoms with Crippen molar-refractivity contribution < 1.29 is 14.3 Å². The van der Waals surface area contributed by atoms with Crippen LogP contribution in [-0.2, 0) is 29.0 Å². The molecule has 0 N–H and O–H groups in total. The topological polar surface area (TPSA) is 38.8 Å². The molecule has 1 heterocycles. The van der Waals surface area contributed by atoms with Crippen LogP contribution in [0.1, 0.15) is 23.6 Å². The summed E-state index contributed by atoms with van der Waals surface area (Å²) in [5.41, 5.74) is 3.60. The molecule has 29 heavy (non-hydrogen) atoms. The number of benzene rings is 3. The van der Waals surface area contributed by atoms with Crippen molar-refractivity contribution in [1.29, 1.82) is 0 Å². The van der Waals surface area contributed by atoms with E-state index in [1.54, 1.807) is 0 Å². The van der Waals surface area contributed by atoms with E-state index in [-0.39, 0.29) is 12.0 Å². The van der Waals surface area contributed by atoms with Crippen molar-refractivity contribution >= 4 is 5.97 Å². The molecular formula is C25H25NO3. The molecule has 0 aromatic heterocycles. The summed E-state index contributed by atoms with van der Waals surface area (Å²) in [6, 6.07) is 25.8. The van der Waals surface area contributed by atoms with Crippen LogP contribution in [0.5, 0.6) is 11.5 Å². The fraction of sp³-hybridized carbons (Fsp3) is 0.240. The molecule has 0 spiro atoms. The van der Waals surface area contributed by atoms with Crippen LogP contribution in [0, 0.1) is 0 Å². The number of rotatable bonds is 6. The number of nitrogens with zero attached hydrogens (tertiary/aromatic N) is 1. The molecule has 0 amide bonds. The molecule has 1 aliphatic heterocycles. The molecular weight excluding hydrogens is 362 g/mol. The van der Waals surface area contributed by atoms with Gasteiger partial charge in [-0.2, -0.15) is 0 Å². The van der Waals surface area contributed by atoms with E-state index in [1.165, 1.54) is 11.1 Å². The number of hydrogen-bond acceptors (Lipinski definition) is 4. The first kappa shape index (κ1) is 19.2. The van der Waals surface area contributed by atoms with Gasteiger partial charge < -0.3 is 9.47 Å². The second-order valence-corrected chi connectivity index (χ2v) is 7.21. The predicted molar refractivity (Wildman–Crippen MR) is 113 cm³/mol. The Hall–Kier alpha value is -3.11. The van der Waals surface area contributed by atoms with Crippen LogP contribution in [0.15, 0.2) is 78.9 Å². The summed E-state index contributed by atoms with van der Waals surface area (Å²) in [5, 5.41) is 0. The lowest BCUT2D eigenvalue weighted by atomic mass is 9.93. The van der Waals surface area contributed by atoms with E-state index in [2.05, 4.69) is 29.2 Å². The Labute approximate surface area is 171 Å². The molecule has 0 aliphatic carbocycles. The Balaban J connectivity index is 1.54. The van der Waals surface area contributed by atoms with E-state index < -0.39 is 0 Å². The molecule has 0 fully saturated rings. The maximum absolute atomic E-state index is 12.6. The minimum atomic E-state index is -0.274. The second-order valence-electron chi connectivity index (χ2n) is 7.21. The second kappa shape index (κ2) is 8.93. The summed E-state index contributed by atoms with van der Waals surface area (Å²) in [6.07, 6.45) is 0.676. The Kier molecular flexibility index (Phi) is 5.92. The lowest BCUT2D eigenvalue weighted by Crippen LogP contribution is -2.45. The third-order valence-corrected chi connectivity index (χ3v) is 5.17. The average molecular weight is 387 g/mol. The van der Waals surface area contributed by atoms with Crippen LogP contribution in [0.2, 0.25) is 0 Å². The highest BCUT2D eigenvalue weighted by Crippen LogP contribution is 2.27. The zero-order valence-electron chi connectivity index (χ0n) is 16.6. The highest BCUT2D eigenvalue weighted by Gasteiger charge is 2.32. The minimum Gasteiger partial charge on any atom is -0.465 e. The van der Waals surface area contributed by atoms with Gasteiger partial charge in [-0.3, -0.25) is 9.69 Å². The Morgan fingerprint density at radius 3 is 2.45 bits per heavy atom. The zero-order chi connectivity index (χ0) is 20.1. The number of fused-ring (bicyclic) bond motifs is 1. The molecule has 4 nitrogen and oxygen atoms in total. The van der Waals surface area contributed by atoms with Gasteiger partial charge in [-0.05, 0) is 54.3 Å². The first-order chi connectivity index (χ1) is 14.2. The monoisotopic (exact) mass is 387 g/mol. The van der Waals surface area contributed by atoms with Gasteiger partial charge in [-0.15, -0.1) is 0 Å². The zero-order valence-corrected chi connectivity index (χ0v) is 16.6. The fourth-order valence-electron chi connectivity index (χ4n) is 3.78. The highest BCUT2D eigenvalue weighted by atomic mass is 16.5. The van der Waals surface area contributed by atoms with Gasteiger partial charge in [0.15, 0.2) is 0 Å². The number of esters is 1. The van der Waals surface area contributed by atoms with Crippen LogP contribution < -0.4 is 4.74 Å². The molecule has 0 radical (unpaired) electrons. The normalized spacial score (nSPS) is 16.1. The quantitative estimate of drug-likeness (QED) is 0.560. The molecule has 1 aliphatic rings. The van der Waals surface area contributed by atoms with Crippen molar-refractivity contribution in [2.24, 2.45) is 0 Å². The maximum Gasteiger partial charge on any atom is 0.323 e. The number of carbonyl (C=O) groups is 1. The van der Waals surface area contributed by atoms with Gasteiger partial charge in [-0.25, -0.2) is 0 Å². The Morgan fingerprint density at radius 2 is 1.66 bits per heavy atom. The van der Waals surface area contributed by atoms with E-state index in [1.807, 2.05) is 61.5 Å². The summed E-state index contributed by atoms with van der Waals surface area (Å²) in [6.45, 7) is 3.63. The standard InChI is InChI=1S/C25H25NO3/c1-2-28-25(27)24-16-20-10-6-7-11-21(20)18-26(24)17-19-9-8-14-23(15-19)29-22-12-4-3-5-13-22/h3-15,24H,2,16-18H2,1H3. The largest absolute Gasteiger partial charge is 0.465 e. The smallest absolute Gasteiger partial charge is 0.323 e. The molecule has 4 rings (SSSR count). The van der Waals surface area contributed by atoms with E-state index in [0.717, 1.165) is 23.6 Å². The molecule has 3 aromatic carbocycles. The van der Waals surface area contributed by atoms with Gasteiger partial charge >= 0.3 is 5.97 Å². The van der Waals surface area contributed by atoms with Crippen molar-refractivity contribution in [3.63, 3.8) is 0 Å². The molecule has 4 heteroatoms. The van der Waals surface area contributed by atoms with E-state index >= 15 is 0 Å². The summed E-state index contributed by atoms with van der Waals surface area (Å²) in [5.74, 6) is 1.44. The number of hydrogen-bond donors (Lipinski definition) is 0. The van der Waals surface area contributed by atoms with Crippen molar-refractivity contribution in [2.75, 3.05) is 6.61 Å². The van der Waals surface area contributed by atoms with Gasteiger partial charge in [0, 0.05) is 13.1 Å². The Bertz CT molecular complexity index is 971. The van der Waals surface area contributed by atoms with Gasteiger partial charge in [-0.1, -0.05) is 54.6 Å². The predicted octanol–water partition coefficient (Wildman–Crippen LogP) is 4.97. The van der Waals surface area contributed by atoms with Crippen LogP contribution in [0.3, 0.4) is 0 Å². The average Bonchev–Trinajstić information content (AvgIpc) is 2.74. The molecule has 0 bridgehead atoms. The van der Waals surface area contributed by atoms with Crippen LogP contribution in [-0.4, -0.2) is 23.5 Å². The first-order valence-corrected chi connectivity index (χ1v) is 10.0. The molecule has 0 saturated carbocycles. The van der Waals surface area contributed by atoms with Gasteiger partial charge in [0.1, 0.15) is 17.5 Å². The lowest BCUT2D eigenvalue weighted by molar-refractivity contribution is -0.150. The number of carbonyl (C=O) groups excluding carboxylic acids is 1.